The van der Waals surface area contributed by atoms with Crippen LogP contribution in [0.2, 0.25) is 0 Å². The van der Waals surface area contributed by atoms with Gasteiger partial charge in [-0.3, -0.25) is 9.59 Å². The van der Waals surface area contributed by atoms with Gasteiger partial charge in [-0.2, -0.15) is 0 Å². The van der Waals surface area contributed by atoms with Crippen LogP contribution in [0.5, 0.6) is 5.75 Å². The van der Waals surface area contributed by atoms with Gasteiger partial charge in [0, 0.05) is 25.0 Å². The Morgan fingerprint density at radius 3 is 2.67 bits per heavy atom. The van der Waals surface area contributed by atoms with Crippen molar-refractivity contribution >= 4 is 11.8 Å². The average Bonchev–Trinajstić information content (AvgIpc) is 2.58. The van der Waals surface area contributed by atoms with Gasteiger partial charge in [-0.1, -0.05) is 32.9 Å². The predicted octanol–water partition coefficient (Wildman–Crippen LogP) is 2.71. The van der Waals surface area contributed by atoms with Crippen LogP contribution in [-0.4, -0.2) is 43.5 Å². The van der Waals surface area contributed by atoms with Crippen LogP contribution in [0.3, 0.4) is 0 Å². The van der Waals surface area contributed by atoms with Crippen LogP contribution >= 0.6 is 0 Å². The molecule has 1 fully saturated rings. The lowest BCUT2D eigenvalue weighted by Gasteiger charge is -2.33. The van der Waals surface area contributed by atoms with Gasteiger partial charge in [0.2, 0.25) is 5.91 Å². The Morgan fingerprint density at radius 2 is 2.00 bits per heavy atom. The summed E-state index contributed by atoms with van der Waals surface area (Å²) in [5.74, 6) is 0.948. The Morgan fingerprint density at radius 1 is 1.29 bits per heavy atom. The summed E-state index contributed by atoms with van der Waals surface area (Å²) in [4.78, 5) is 26.7. The Labute approximate surface area is 144 Å². The zero-order valence-electron chi connectivity index (χ0n) is 15.1. The number of rotatable bonds is 4. The number of nitrogens with zero attached hydrogens (tertiary/aromatic N) is 1. The maximum absolute atomic E-state index is 12.8. The number of hydrogen-bond acceptors (Lipinski definition) is 3. The lowest BCUT2D eigenvalue weighted by molar-refractivity contribution is -0.128. The maximum Gasteiger partial charge on any atom is 0.257 e. The molecule has 1 N–H and O–H groups in total. The first-order valence-corrected chi connectivity index (χ1v) is 8.53. The van der Waals surface area contributed by atoms with E-state index >= 15 is 0 Å². The highest BCUT2D eigenvalue weighted by molar-refractivity contribution is 5.97. The molecule has 1 aromatic rings. The molecule has 5 nitrogen and oxygen atoms in total. The monoisotopic (exact) mass is 332 g/mol. The number of methoxy groups -OCH3 is 1. The summed E-state index contributed by atoms with van der Waals surface area (Å²) in [6, 6.07) is 7.31. The van der Waals surface area contributed by atoms with Crippen LogP contribution in [0.4, 0.5) is 0 Å². The molecule has 0 saturated carbocycles. The zero-order valence-corrected chi connectivity index (χ0v) is 15.1. The number of likely N-dealkylation sites (tertiary alicyclic amines) is 1. The molecule has 1 heterocycles. The smallest absolute Gasteiger partial charge is 0.257 e. The van der Waals surface area contributed by atoms with Gasteiger partial charge in [0.05, 0.1) is 12.7 Å². The number of carbonyl (C=O) groups excluding carboxylic acids is 2. The van der Waals surface area contributed by atoms with E-state index in [1.54, 1.807) is 19.2 Å². The first-order valence-electron chi connectivity index (χ1n) is 8.53. The number of nitrogens with one attached hydrogen (secondary N) is 1. The third-order valence-corrected chi connectivity index (χ3v) is 4.38. The molecular weight excluding hydrogens is 304 g/mol. The highest BCUT2D eigenvalue weighted by atomic mass is 16.5. The molecule has 132 valence electrons. The van der Waals surface area contributed by atoms with Crippen LogP contribution in [0.15, 0.2) is 24.3 Å². The molecule has 0 aromatic heterocycles. The highest BCUT2D eigenvalue weighted by Crippen LogP contribution is 2.23. The van der Waals surface area contributed by atoms with E-state index in [2.05, 4.69) is 5.32 Å². The fourth-order valence-electron chi connectivity index (χ4n) is 2.91. The molecule has 2 rings (SSSR count). The van der Waals surface area contributed by atoms with Crippen LogP contribution in [-0.2, 0) is 4.79 Å². The van der Waals surface area contributed by atoms with Crippen molar-refractivity contribution in [3.05, 3.63) is 29.8 Å². The largest absolute Gasteiger partial charge is 0.496 e. The lowest BCUT2D eigenvalue weighted by Crippen LogP contribution is -2.45. The third-order valence-electron chi connectivity index (χ3n) is 4.38. The summed E-state index contributed by atoms with van der Waals surface area (Å²) in [7, 11) is 1.58. The second-order valence-corrected chi connectivity index (χ2v) is 7.42. The van der Waals surface area contributed by atoms with Crippen molar-refractivity contribution in [3.63, 3.8) is 0 Å². The minimum absolute atomic E-state index is 0.000650. The number of hydrogen-bond donors (Lipinski definition) is 1. The Kier molecular flexibility index (Phi) is 5.86. The summed E-state index contributed by atoms with van der Waals surface area (Å²) in [5, 5.41) is 3.01. The van der Waals surface area contributed by atoms with E-state index in [0.29, 0.717) is 30.3 Å². The van der Waals surface area contributed by atoms with E-state index in [-0.39, 0.29) is 17.2 Å². The molecule has 5 heteroatoms. The van der Waals surface area contributed by atoms with E-state index in [1.165, 1.54) is 0 Å². The molecule has 24 heavy (non-hydrogen) atoms. The average molecular weight is 332 g/mol. The number of para-hydroxylation sites is 1. The van der Waals surface area contributed by atoms with Crippen molar-refractivity contribution in [3.8, 4) is 5.75 Å². The van der Waals surface area contributed by atoms with Gasteiger partial charge < -0.3 is 15.0 Å². The van der Waals surface area contributed by atoms with E-state index < -0.39 is 0 Å². The lowest BCUT2D eigenvalue weighted by atomic mass is 9.93. The first-order chi connectivity index (χ1) is 11.3. The van der Waals surface area contributed by atoms with Crippen LogP contribution < -0.4 is 10.1 Å². The van der Waals surface area contributed by atoms with E-state index in [1.807, 2.05) is 37.8 Å². The van der Waals surface area contributed by atoms with E-state index in [4.69, 9.17) is 4.74 Å². The van der Waals surface area contributed by atoms with Gasteiger partial charge in [0.1, 0.15) is 5.75 Å². The SMILES string of the molecule is COc1ccccc1C(=O)N1CCCC(CNC(=O)C(C)(C)C)C1. The number of ether oxygens (including phenoxy) is 1. The fraction of sp³-hybridized carbons (Fsp3) is 0.579. The molecule has 0 radical (unpaired) electrons. The minimum Gasteiger partial charge on any atom is -0.496 e. The summed E-state index contributed by atoms with van der Waals surface area (Å²) in [5.41, 5.74) is 0.209. The number of benzene rings is 1. The molecule has 1 aromatic carbocycles. The number of piperidine rings is 1. The minimum atomic E-state index is -0.387. The van der Waals surface area contributed by atoms with Gasteiger partial charge in [0.25, 0.3) is 5.91 Å². The van der Waals surface area contributed by atoms with Gasteiger partial charge in [0.15, 0.2) is 0 Å². The molecule has 2 amide bonds. The number of carbonyl (C=O) groups is 2. The summed E-state index contributed by atoms with van der Waals surface area (Å²) < 4.78 is 5.30. The van der Waals surface area contributed by atoms with Crippen LogP contribution in [0.25, 0.3) is 0 Å². The van der Waals surface area contributed by atoms with Crippen LogP contribution in [0.1, 0.15) is 44.0 Å². The van der Waals surface area contributed by atoms with Gasteiger partial charge in [-0.05, 0) is 30.9 Å². The van der Waals surface area contributed by atoms with Crippen LogP contribution in [0, 0.1) is 11.3 Å². The summed E-state index contributed by atoms with van der Waals surface area (Å²) >= 11 is 0. The molecule has 1 aliphatic heterocycles. The number of amides is 2. The molecule has 0 bridgehead atoms. The van der Waals surface area contributed by atoms with Crippen molar-refractivity contribution < 1.29 is 14.3 Å². The Balaban J connectivity index is 1.97. The second kappa shape index (κ2) is 7.69. The van der Waals surface area contributed by atoms with Crippen molar-refractivity contribution in [1.82, 2.24) is 10.2 Å². The van der Waals surface area contributed by atoms with Gasteiger partial charge >= 0.3 is 0 Å². The molecule has 1 unspecified atom stereocenters. The third kappa shape index (κ3) is 4.49. The maximum atomic E-state index is 12.8. The Hall–Kier alpha value is -2.04. The first kappa shape index (κ1) is 18.3. The molecule has 0 aliphatic carbocycles. The zero-order chi connectivity index (χ0) is 17.7. The quantitative estimate of drug-likeness (QED) is 0.922. The summed E-state index contributed by atoms with van der Waals surface area (Å²) in [6.07, 6.45) is 1.98. The second-order valence-electron chi connectivity index (χ2n) is 7.42. The molecule has 1 saturated heterocycles. The van der Waals surface area contributed by atoms with Gasteiger partial charge in [-0.15, -0.1) is 0 Å². The normalized spacial score (nSPS) is 18.2. The molecule has 1 atom stereocenters. The topological polar surface area (TPSA) is 58.6 Å². The van der Waals surface area contributed by atoms with Crippen molar-refractivity contribution in [2.24, 2.45) is 11.3 Å². The highest BCUT2D eigenvalue weighted by Gasteiger charge is 2.27. The molecule has 0 spiro atoms. The van der Waals surface area contributed by atoms with E-state index in [9.17, 15) is 9.59 Å². The van der Waals surface area contributed by atoms with Gasteiger partial charge in [-0.25, -0.2) is 0 Å². The van der Waals surface area contributed by atoms with Crippen molar-refractivity contribution in [1.29, 1.82) is 0 Å². The van der Waals surface area contributed by atoms with E-state index in [0.717, 1.165) is 19.4 Å². The van der Waals surface area contributed by atoms with Crippen molar-refractivity contribution in [2.75, 3.05) is 26.7 Å². The van der Waals surface area contributed by atoms with Crippen molar-refractivity contribution in [2.45, 2.75) is 33.6 Å². The standard InChI is InChI=1S/C19H28N2O3/c1-19(2,3)18(23)20-12-14-8-7-11-21(13-14)17(22)15-9-5-6-10-16(15)24-4/h5-6,9-10,14H,7-8,11-13H2,1-4H3,(H,20,23). The summed E-state index contributed by atoms with van der Waals surface area (Å²) in [6.45, 7) is 7.75. The molecule has 1 aliphatic rings. The molecular formula is C19H28N2O3. The Bertz CT molecular complexity index is 593. The fourth-order valence-corrected chi connectivity index (χ4v) is 2.91. The predicted molar refractivity (Wildman–Crippen MR) is 94.1 cm³/mol.